The lowest BCUT2D eigenvalue weighted by Crippen LogP contribution is -2.23. The van der Waals surface area contributed by atoms with Crippen molar-refractivity contribution in [3.8, 4) is 0 Å². The van der Waals surface area contributed by atoms with E-state index in [1.165, 1.54) is 11.3 Å². The maximum absolute atomic E-state index is 12.1. The minimum Gasteiger partial charge on any atom is -0.302 e. The monoisotopic (exact) mass is 324 g/mol. The van der Waals surface area contributed by atoms with Gasteiger partial charge in [-0.05, 0) is 31.4 Å². The Bertz CT molecular complexity index is 785. The van der Waals surface area contributed by atoms with E-state index >= 15 is 0 Å². The fraction of sp³-hybridized carbons (Fsp3) is 0.429. The second kappa shape index (κ2) is 5.06. The van der Waals surface area contributed by atoms with E-state index in [0.717, 1.165) is 21.3 Å². The number of hydrogen-bond acceptors (Lipinski definition) is 5. The molecular formula is C14H16N2O3S2. The molecule has 0 bridgehead atoms. The predicted octanol–water partition coefficient (Wildman–Crippen LogP) is 2.29. The van der Waals surface area contributed by atoms with E-state index in [1.54, 1.807) is 0 Å². The average Bonchev–Trinajstić information content (AvgIpc) is 2.98. The van der Waals surface area contributed by atoms with E-state index in [9.17, 15) is 13.2 Å². The summed E-state index contributed by atoms with van der Waals surface area (Å²) >= 11 is 1.43. The van der Waals surface area contributed by atoms with Crippen LogP contribution < -0.4 is 5.32 Å². The molecule has 1 atom stereocenters. The summed E-state index contributed by atoms with van der Waals surface area (Å²) < 4.78 is 23.9. The number of nitrogens with zero attached hydrogens (tertiary/aromatic N) is 1. The topological polar surface area (TPSA) is 76.1 Å². The van der Waals surface area contributed by atoms with Crippen LogP contribution in [0.4, 0.5) is 5.13 Å². The van der Waals surface area contributed by atoms with Crippen LogP contribution in [0.1, 0.15) is 17.5 Å². The maximum atomic E-state index is 12.1. The van der Waals surface area contributed by atoms with Gasteiger partial charge in [-0.1, -0.05) is 23.5 Å². The van der Waals surface area contributed by atoms with Gasteiger partial charge in [0.1, 0.15) is 0 Å². The van der Waals surface area contributed by atoms with Gasteiger partial charge in [0.25, 0.3) is 0 Å². The number of aromatic nitrogens is 1. The van der Waals surface area contributed by atoms with Crippen LogP contribution >= 0.6 is 11.3 Å². The molecule has 1 aromatic heterocycles. The number of carbonyl (C=O) groups excluding carboxylic acids is 1. The summed E-state index contributed by atoms with van der Waals surface area (Å²) in [4.78, 5) is 16.6. The van der Waals surface area contributed by atoms with Crippen LogP contribution in [0.3, 0.4) is 0 Å². The van der Waals surface area contributed by atoms with Crippen molar-refractivity contribution in [2.45, 2.75) is 20.3 Å². The molecule has 21 heavy (non-hydrogen) atoms. The summed E-state index contributed by atoms with van der Waals surface area (Å²) in [7, 11) is -3.05. The second-order valence-electron chi connectivity index (χ2n) is 5.49. The van der Waals surface area contributed by atoms with Gasteiger partial charge in [0.2, 0.25) is 5.91 Å². The number of thiazole rings is 1. The van der Waals surface area contributed by atoms with E-state index in [4.69, 9.17) is 0 Å². The Kier molecular flexibility index (Phi) is 3.49. The number of amides is 1. The molecule has 1 aliphatic heterocycles. The van der Waals surface area contributed by atoms with Crippen molar-refractivity contribution in [2.75, 3.05) is 16.8 Å². The minimum atomic E-state index is -3.05. The van der Waals surface area contributed by atoms with Crippen LogP contribution in [0.15, 0.2) is 12.1 Å². The van der Waals surface area contributed by atoms with Crippen molar-refractivity contribution >= 4 is 42.4 Å². The van der Waals surface area contributed by atoms with Crippen molar-refractivity contribution in [1.29, 1.82) is 0 Å². The lowest BCUT2D eigenvalue weighted by atomic mass is 10.1. The zero-order chi connectivity index (χ0) is 15.2. The Labute approximate surface area is 127 Å². The van der Waals surface area contributed by atoms with Crippen LogP contribution in [0, 0.1) is 19.8 Å². The van der Waals surface area contributed by atoms with Crippen LogP contribution in [0.5, 0.6) is 0 Å². The van der Waals surface area contributed by atoms with Crippen LogP contribution in [-0.4, -0.2) is 30.8 Å². The first kappa shape index (κ1) is 14.5. The number of carbonyl (C=O) groups is 1. The molecule has 3 rings (SSSR count). The van der Waals surface area contributed by atoms with Gasteiger partial charge in [-0.2, -0.15) is 0 Å². The highest BCUT2D eigenvalue weighted by Gasteiger charge is 2.33. The van der Waals surface area contributed by atoms with Crippen molar-refractivity contribution in [3.63, 3.8) is 0 Å². The van der Waals surface area contributed by atoms with Crippen molar-refractivity contribution in [3.05, 3.63) is 23.3 Å². The molecule has 1 N–H and O–H groups in total. The van der Waals surface area contributed by atoms with Crippen molar-refractivity contribution in [1.82, 2.24) is 4.98 Å². The highest BCUT2D eigenvalue weighted by atomic mass is 32.2. The lowest BCUT2D eigenvalue weighted by Gasteiger charge is -2.06. The molecule has 1 fully saturated rings. The molecule has 0 radical (unpaired) electrons. The lowest BCUT2D eigenvalue weighted by molar-refractivity contribution is -0.119. The number of rotatable bonds is 2. The number of benzene rings is 1. The maximum Gasteiger partial charge on any atom is 0.230 e. The third-order valence-corrected chi connectivity index (χ3v) is 6.65. The smallest absolute Gasteiger partial charge is 0.230 e. The predicted molar refractivity (Wildman–Crippen MR) is 84.5 cm³/mol. The van der Waals surface area contributed by atoms with Crippen LogP contribution in [0.25, 0.3) is 10.2 Å². The van der Waals surface area contributed by atoms with Gasteiger partial charge in [-0.25, -0.2) is 13.4 Å². The zero-order valence-electron chi connectivity index (χ0n) is 11.8. The summed E-state index contributed by atoms with van der Waals surface area (Å²) in [5.41, 5.74) is 3.09. The third-order valence-electron chi connectivity index (χ3n) is 3.78. The molecule has 5 nitrogen and oxygen atoms in total. The Morgan fingerprint density at radius 2 is 2.05 bits per heavy atom. The molecule has 112 valence electrons. The van der Waals surface area contributed by atoms with Crippen LogP contribution in [-0.2, 0) is 14.6 Å². The number of anilines is 1. The highest BCUT2D eigenvalue weighted by molar-refractivity contribution is 7.91. The van der Waals surface area contributed by atoms with E-state index in [0.29, 0.717) is 11.6 Å². The number of sulfone groups is 1. The molecule has 1 unspecified atom stereocenters. The SMILES string of the molecule is Cc1ccc(C)c2sc(NC(=O)C3CCS(=O)(=O)C3)nc12. The van der Waals surface area contributed by atoms with Gasteiger partial charge in [0, 0.05) is 0 Å². The largest absolute Gasteiger partial charge is 0.302 e. The quantitative estimate of drug-likeness (QED) is 0.919. The number of aryl methyl sites for hydroxylation is 2. The molecule has 0 aliphatic carbocycles. The van der Waals surface area contributed by atoms with Gasteiger partial charge in [-0.15, -0.1) is 0 Å². The summed E-state index contributed by atoms with van der Waals surface area (Å²) in [6.07, 6.45) is 0.400. The van der Waals surface area contributed by atoms with Crippen molar-refractivity contribution < 1.29 is 13.2 Å². The summed E-state index contributed by atoms with van der Waals surface area (Å²) in [5, 5.41) is 3.31. The molecule has 2 aromatic rings. The fourth-order valence-electron chi connectivity index (χ4n) is 2.52. The highest BCUT2D eigenvalue weighted by Crippen LogP contribution is 2.31. The minimum absolute atomic E-state index is 0.0538. The van der Waals surface area contributed by atoms with Gasteiger partial charge in [0.05, 0.1) is 27.6 Å². The molecule has 0 saturated carbocycles. The Morgan fingerprint density at radius 1 is 1.33 bits per heavy atom. The molecule has 1 aliphatic rings. The van der Waals surface area contributed by atoms with Gasteiger partial charge in [-0.3, -0.25) is 4.79 Å². The molecule has 1 amide bonds. The van der Waals surface area contributed by atoms with Crippen molar-refractivity contribution in [2.24, 2.45) is 5.92 Å². The Morgan fingerprint density at radius 3 is 2.67 bits per heavy atom. The van der Waals surface area contributed by atoms with Gasteiger partial charge >= 0.3 is 0 Å². The fourth-order valence-corrected chi connectivity index (χ4v) is 5.28. The molecule has 1 aromatic carbocycles. The summed E-state index contributed by atoms with van der Waals surface area (Å²) in [6.45, 7) is 3.99. The normalized spacial score (nSPS) is 20.8. The second-order valence-corrected chi connectivity index (χ2v) is 8.71. The number of nitrogens with one attached hydrogen (secondary N) is 1. The number of hydrogen-bond donors (Lipinski definition) is 1. The van der Waals surface area contributed by atoms with E-state index < -0.39 is 15.8 Å². The standard InChI is InChI=1S/C14H16N2O3S2/c1-8-3-4-9(2)12-11(8)15-14(20-12)16-13(17)10-5-6-21(18,19)7-10/h3-4,10H,5-7H2,1-2H3,(H,15,16,17). The van der Waals surface area contributed by atoms with E-state index in [1.807, 2.05) is 26.0 Å². The van der Waals surface area contributed by atoms with E-state index in [-0.39, 0.29) is 17.4 Å². The Balaban J connectivity index is 1.84. The van der Waals surface area contributed by atoms with Crippen LogP contribution in [0.2, 0.25) is 0 Å². The zero-order valence-corrected chi connectivity index (χ0v) is 13.5. The first-order valence-corrected chi connectivity index (χ1v) is 9.37. The molecule has 2 heterocycles. The Hall–Kier alpha value is -1.47. The average molecular weight is 324 g/mol. The molecule has 7 heteroatoms. The first-order valence-electron chi connectivity index (χ1n) is 6.74. The third kappa shape index (κ3) is 2.80. The molecule has 0 spiro atoms. The molecular weight excluding hydrogens is 308 g/mol. The van der Waals surface area contributed by atoms with Gasteiger partial charge < -0.3 is 5.32 Å². The van der Waals surface area contributed by atoms with E-state index in [2.05, 4.69) is 10.3 Å². The summed E-state index contributed by atoms with van der Waals surface area (Å²) in [6, 6.07) is 4.04. The van der Waals surface area contributed by atoms with Gasteiger partial charge in [0.15, 0.2) is 15.0 Å². The number of fused-ring (bicyclic) bond motifs is 1. The first-order chi connectivity index (χ1) is 9.85. The molecule has 1 saturated heterocycles. The summed E-state index contributed by atoms with van der Waals surface area (Å²) in [5.74, 6) is -0.653.